The number of nitrogens with one attached hydrogen (secondary N) is 1. The molecule has 0 atom stereocenters. The maximum absolute atomic E-state index is 7.31. The molecular weight excluding hydrogens is 238 g/mol. The van der Waals surface area contributed by atoms with E-state index in [-0.39, 0.29) is 5.84 Å². The van der Waals surface area contributed by atoms with E-state index in [4.69, 9.17) is 15.9 Å². The van der Waals surface area contributed by atoms with Crippen molar-refractivity contribution in [1.82, 2.24) is 4.90 Å². The van der Waals surface area contributed by atoms with Gasteiger partial charge >= 0.3 is 0 Å². The lowest BCUT2D eigenvalue weighted by Crippen LogP contribution is -2.32. The Kier molecular flexibility index (Phi) is 5.36. The summed E-state index contributed by atoms with van der Waals surface area (Å²) in [6.45, 7) is 9.28. The first-order valence-corrected chi connectivity index (χ1v) is 6.54. The summed E-state index contributed by atoms with van der Waals surface area (Å²) in [6.07, 6.45) is 0. The second-order valence-corrected chi connectivity index (χ2v) is 6.08. The normalized spacial score (nSPS) is 11.6. The van der Waals surface area contributed by atoms with Crippen molar-refractivity contribution in [3.8, 4) is 5.75 Å². The molecule has 0 bridgehead atoms. The van der Waals surface area contributed by atoms with Gasteiger partial charge in [-0.2, -0.15) is 0 Å². The lowest BCUT2D eigenvalue weighted by molar-refractivity contribution is 0.188. The van der Waals surface area contributed by atoms with Crippen LogP contribution in [0.5, 0.6) is 5.75 Å². The van der Waals surface area contributed by atoms with Gasteiger partial charge in [-0.05, 0) is 36.7 Å². The van der Waals surface area contributed by atoms with Gasteiger partial charge in [0, 0.05) is 18.7 Å². The van der Waals surface area contributed by atoms with Crippen LogP contribution in [0.25, 0.3) is 0 Å². The highest BCUT2D eigenvalue weighted by atomic mass is 16.5. The molecule has 1 aromatic carbocycles. The number of nitrogen functional groups attached to an aromatic ring is 1. The minimum Gasteiger partial charge on any atom is -0.492 e. The Morgan fingerprint density at radius 2 is 1.84 bits per heavy atom. The van der Waals surface area contributed by atoms with Gasteiger partial charge < -0.3 is 15.4 Å². The number of ether oxygens (including phenoxy) is 1. The fourth-order valence-corrected chi connectivity index (χ4v) is 1.94. The molecule has 4 nitrogen and oxygen atoms in total. The van der Waals surface area contributed by atoms with Crippen LogP contribution in [0.2, 0.25) is 0 Å². The van der Waals surface area contributed by atoms with E-state index in [0.717, 1.165) is 24.4 Å². The lowest BCUT2D eigenvalue weighted by atomic mass is 9.96. The van der Waals surface area contributed by atoms with Gasteiger partial charge in [-0.1, -0.05) is 20.8 Å². The molecule has 19 heavy (non-hydrogen) atoms. The Morgan fingerprint density at radius 3 is 2.32 bits per heavy atom. The maximum atomic E-state index is 7.31. The number of benzene rings is 1. The van der Waals surface area contributed by atoms with Crippen LogP contribution in [0.3, 0.4) is 0 Å². The summed E-state index contributed by atoms with van der Waals surface area (Å²) < 4.78 is 5.67. The summed E-state index contributed by atoms with van der Waals surface area (Å²) in [4.78, 5) is 2.27. The van der Waals surface area contributed by atoms with Crippen molar-refractivity contribution in [3.63, 3.8) is 0 Å². The highest BCUT2D eigenvalue weighted by molar-refractivity contribution is 5.94. The molecule has 0 aliphatic heterocycles. The van der Waals surface area contributed by atoms with Gasteiger partial charge in [0.15, 0.2) is 0 Å². The molecule has 0 saturated heterocycles. The highest BCUT2D eigenvalue weighted by Crippen LogP contribution is 2.14. The quantitative estimate of drug-likeness (QED) is 0.611. The van der Waals surface area contributed by atoms with Gasteiger partial charge in [0.2, 0.25) is 0 Å². The molecule has 0 aliphatic carbocycles. The Balaban J connectivity index is 2.35. The van der Waals surface area contributed by atoms with Crippen LogP contribution in [0.4, 0.5) is 0 Å². The SMILES string of the molecule is CN(CCOc1ccc(C(=N)N)cc1)CC(C)(C)C. The minimum atomic E-state index is 0.0801. The van der Waals surface area contributed by atoms with Crippen LogP contribution in [0.1, 0.15) is 26.3 Å². The zero-order chi connectivity index (χ0) is 14.5. The van der Waals surface area contributed by atoms with E-state index in [1.54, 1.807) is 12.1 Å². The average molecular weight is 263 g/mol. The van der Waals surface area contributed by atoms with Gasteiger partial charge in [-0.3, -0.25) is 5.41 Å². The van der Waals surface area contributed by atoms with Crippen molar-refractivity contribution in [2.24, 2.45) is 11.1 Å². The van der Waals surface area contributed by atoms with E-state index >= 15 is 0 Å². The number of rotatable bonds is 6. The third-order valence-electron chi connectivity index (χ3n) is 2.65. The Hall–Kier alpha value is -1.55. The first kappa shape index (κ1) is 15.5. The molecule has 0 aliphatic rings. The van der Waals surface area contributed by atoms with Crippen molar-refractivity contribution in [2.75, 3.05) is 26.7 Å². The summed E-state index contributed by atoms with van der Waals surface area (Å²) in [5, 5.41) is 7.31. The molecule has 3 N–H and O–H groups in total. The molecule has 0 heterocycles. The van der Waals surface area contributed by atoms with E-state index in [0.29, 0.717) is 12.0 Å². The van der Waals surface area contributed by atoms with Crippen molar-refractivity contribution < 1.29 is 4.74 Å². The molecule has 1 aromatic rings. The number of likely N-dealkylation sites (N-methyl/N-ethyl adjacent to an activating group) is 1. The molecule has 0 radical (unpaired) electrons. The van der Waals surface area contributed by atoms with Crippen LogP contribution in [0.15, 0.2) is 24.3 Å². The molecule has 1 rings (SSSR count). The zero-order valence-electron chi connectivity index (χ0n) is 12.4. The van der Waals surface area contributed by atoms with Crippen LogP contribution in [0, 0.1) is 10.8 Å². The number of amidine groups is 1. The third-order valence-corrected chi connectivity index (χ3v) is 2.65. The summed E-state index contributed by atoms with van der Waals surface area (Å²) in [7, 11) is 2.10. The zero-order valence-corrected chi connectivity index (χ0v) is 12.4. The average Bonchev–Trinajstić information content (AvgIpc) is 2.27. The smallest absolute Gasteiger partial charge is 0.122 e. The fraction of sp³-hybridized carbons (Fsp3) is 0.533. The Bertz CT molecular complexity index is 406. The predicted molar refractivity (Wildman–Crippen MR) is 79.9 cm³/mol. The molecule has 0 fully saturated rings. The largest absolute Gasteiger partial charge is 0.492 e. The van der Waals surface area contributed by atoms with Crippen LogP contribution < -0.4 is 10.5 Å². The maximum Gasteiger partial charge on any atom is 0.122 e. The topological polar surface area (TPSA) is 62.3 Å². The van der Waals surface area contributed by atoms with Gasteiger partial charge in [0.05, 0.1) is 0 Å². The fourth-order valence-electron chi connectivity index (χ4n) is 1.94. The summed E-state index contributed by atoms with van der Waals surface area (Å²) in [5.74, 6) is 0.894. The van der Waals surface area contributed by atoms with Gasteiger partial charge in [-0.15, -0.1) is 0 Å². The van der Waals surface area contributed by atoms with Gasteiger partial charge in [0.25, 0.3) is 0 Å². The molecule has 0 spiro atoms. The van der Waals surface area contributed by atoms with Crippen LogP contribution >= 0.6 is 0 Å². The second-order valence-electron chi connectivity index (χ2n) is 6.08. The standard InChI is InChI=1S/C15H25N3O/c1-15(2,3)11-18(4)9-10-19-13-7-5-12(6-8-13)14(16)17/h5-8H,9-11H2,1-4H3,(H3,16,17). The first-order chi connectivity index (χ1) is 8.78. The Labute approximate surface area is 116 Å². The number of hydrogen-bond donors (Lipinski definition) is 2. The van der Waals surface area contributed by atoms with Crippen molar-refractivity contribution >= 4 is 5.84 Å². The summed E-state index contributed by atoms with van der Waals surface area (Å²) >= 11 is 0. The lowest BCUT2D eigenvalue weighted by Gasteiger charge is -2.26. The number of nitrogens with two attached hydrogens (primary N) is 1. The summed E-state index contributed by atoms with van der Waals surface area (Å²) in [6, 6.07) is 7.30. The number of nitrogens with zero attached hydrogens (tertiary/aromatic N) is 1. The molecular formula is C15H25N3O. The van der Waals surface area contributed by atoms with E-state index in [9.17, 15) is 0 Å². The minimum absolute atomic E-state index is 0.0801. The van der Waals surface area contributed by atoms with E-state index in [1.807, 2.05) is 12.1 Å². The van der Waals surface area contributed by atoms with Gasteiger partial charge in [0.1, 0.15) is 18.2 Å². The van der Waals surface area contributed by atoms with Crippen LogP contribution in [-0.2, 0) is 0 Å². The molecule has 0 saturated carbocycles. The van der Waals surface area contributed by atoms with Crippen LogP contribution in [-0.4, -0.2) is 37.5 Å². The molecule has 106 valence electrons. The molecule has 0 aromatic heterocycles. The Morgan fingerprint density at radius 1 is 1.26 bits per heavy atom. The second kappa shape index (κ2) is 6.57. The number of hydrogen-bond acceptors (Lipinski definition) is 3. The van der Waals surface area contributed by atoms with Crippen molar-refractivity contribution in [2.45, 2.75) is 20.8 Å². The first-order valence-electron chi connectivity index (χ1n) is 6.54. The monoisotopic (exact) mass is 263 g/mol. The summed E-state index contributed by atoms with van der Waals surface area (Å²) in [5.41, 5.74) is 6.42. The van der Waals surface area contributed by atoms with E-state index in [2.05, 4.69) is 32.7 Å². The van der Waals surface area contributed by atoms with E-state index in [1.165, 1.54) is 0 Å². The van der Waals surface area contributed by atoms with Crippen molar-refractivity contribution in [3.05, 3.63) is 29.8 Å². The molecule has 0 unspecified atom stereocenters. The third kappa shape index (κ3) is 6.25. The van der Waals surface area contributed by atoms with Crippen molar-refractivity contribution in [1.29, 1.82) is 5.41 Å². The van der Waals surface area contributed by atoms with Gasteiger partial charge in [-0.25, -0.2) is 0 Å². The predicted octanol–water partition coefficient (Wildman–Crippen LogP) is 2.33. The molecule has 0 amide bonds. The van der Waals surface area contributed by atoms with E-state index < -0.39 is 0 Å². The highest BCUT2D eigenvalue weighted by Gasteiger charge is 2.13. The molecule has 4 heteroatoms.